The smallest absolute Gasteiger partial charge is 0.264 e. The van der Waals surface area contributed by atoms with Gasteiger partial charge in [0.1, 0.15) is 0 Å². The molecule has 1 nitrogen and oxygen atoms in total. The normalized spacial score (nSPS) is 17.0. The fourth-order valence-corrected chi connectivity index (χ4v) is 5.44. The lowest BCUT2D eigenvalue weighted by Gasteiger charge is -2.33. The number of alkyl halides is 2. The van der Waals surface area contributed by atoms with Crippen LogP contribution in [-0.4, -0.2) is 6.54 Å². The molecular formula is C32H49F2N. The molecule has 1 aromatic carbocycles. The second kappa shape index (κ2) is 15.2. The van der Waals surface area contributed by atoms with Gasteiger partial charge in [-0.05, 0) is 98.7 Å². The summed E-state index contributed by atoms with van der Waals surface area (Å²) in [5.41, 5.74) is 8.63. The Labute approximate surface area is 214 Å². The van der Waals surface area contributed by atoms with Gasteiger partial charge >= 0.3 is 0 Å². The quantitative estimate of drug-likeness (QED) is 0.379. The summed E-state index contributed by atoms with van der Waals surface area (Å²) in [6, 6.07) is 1.81. The molecule has 0 saturated carbocycles. The third-order valence-corrected chi connectivity index (χ3v) is 7.61. The van der Waals surface area contributed by atoms with Crippen molar-refractivity contribution in [3.05, 3.63) is 82.0 Å². The molecule has 0 aromatic heterocycles. The van der Waals surface area contributed by atoms with E-state index in [1.165, 1.54) is 27.8 Å². The van der Waals surface area contributed by atoms with Crippen molar-refractivity contribution in [3.63, 3.8) is 0 Å². The second-order valence-corrected chi connectivity index (χ2v) is 10.1. The van der Waals surface area contributed by atoms with Gasteiger partial charge in [-0.2, -0.15) is 0 Å². The van der Waals surface area contributed by atoms with Crippen LogP contribution in [0, 0.1) is 18.8 Å². The zero-order valence-electron chi connectivity index (χ0n) is 23.5. The van der Waals surface area contributed by atoms with Gasteiger partial charge in [0.15, 0.2) is 0 Å². The van der Waals surface area contributed by atoms with E-state index in [0.717, 1.165) is 49.9 Å². The van der Waals surface area contributed by atoms with Crippen LogP contribution in [0.1, 0.15) is 108 Å². The van der Waals surface area contributed by atoms with Crippen LogP contribution in [0.5, 0.6) is 0 Å². The first-order chi connectivity index (χ1) is 16.5. The van der Waals surface area contributed by atoms with E-state index in [4.69, 9.17) is 0 Å². The number of allylic oxidation sites excluding steroid dienone is 6. The van der Waals surface area contributed by atoms with Crippen LogP contribution in [0.15, 0.2) is 54.2 Å². The lowest BCUT2D eigenvalue weighted by Crippen LogP contribution is -2.28. The SMILES string of the molecule is C=C(C)C1=C(C)CC=C1.C=CC.CCC(C)C(CC)C(C)c1cc(C(F)F)c(C)c2c1CNCC2. The van der Waals surface area contributed by atoms with Gasteiger partial charge in [-0.1, -0.05) is 76.5 Å². The Morgan fingerprint density at radius 3 is 2.17 bits per heavy atom. The van der Waals surface area contributed by atoms with Crippen molar-refractivity contribution in [1.82, 2.24) is 5.32 Å². The Morgan fingerprint density at radius 2 is 1.74 bits per heavy atom. The van der Waals surface area contributed by atoms with Gasteiger partial charge in [-0.3, -0.25) is 0 Å². The van der Waals surface area contributed by atoms with Gasteiger partial charge < -0.3 is 5.32 Å². The van der Waals surface area contributed by atoms with Crippen LogP contribution in [0.4, 0.5) is 8.78 Å². The number of fused-ring (bicyclic) bond motifs is 1. The molecule has 35 heavy (non-hydrogen) atoms. The molecule has 1 aliphatic carbocycles. The van der Waals surface area contributed by atoms with E-state index in [0.29, 0.717) is 17.8 Å². The van der Waals surface area contributed by atoms with Crippen molar-refractivity contribution >= 4 is 0 Å². The van der Waals surface area contributed by atoms with E-state index >= 15 is 0 Å². The predicted molar refractivity (Wildman–Crippen MR) is 150 cm³/mol. The van der Waals surface area contributed by atoms with Gasteiger partial charge in [0.05, 0.1) is 0 Å². The first-order valence-corrected chi connectivity index (χ1v) is 13.3. The topological polar surface area (TPSA) is 12.0 Å². The summed E-state index contributed by atoms with van der Waals surface area (Å²) in [5.74, 6) is 1.47. The van der Waals surface area contributed by atoms with Crippen molar-refractivity contribution in [1.29, 1.82) is 0 Å². The van der Waals surface area contributed by atoms with E-state index in [1.54, 1.807) is 6.08 Å². The van der Waals surface area contributed by atoms with E-state index in [9.17, 15) is 8.78 Å². The van der Waals surface area contributed by atoms with Crippen LogP contribution in [0.3, 0.4) is 0 Å². The molecule has 3 atom stereocenters. The fourth-order valence-electron chi connectivity index (χ4n) is 5.44. The minimum absolute atomic E-state index is 0.242. The minimum Gasteiger partial charge on any atom is -0.312 e. The number of hydrogen-bond acceptors (Lipinski definition) is 1. The molecule has 1 aliphatic heterocycles. The first kappa shape index (κ1) is 31.0. The molecular weight excluding hydrogens is 436 g/mol. The molecule has 3 unspecified atom stereocenters. The van der Waals surface area contributed by atoms with Crippen LogP contribution in [0.25, 0.3) is 0 Å². The second-order valence-electron chi connectivity index (χ2n) is 10.1. The van der Waals surface area contributed by atoms with Crippen molar-refractivity contribution in [2.24, 2.45) is 11.8 Å². The summed E-state index contributed by atoms with van der Waals surface area (Å²) in [6.07, 6.45) is 7.90. The number of hydrogen-bond donors (Lipinski definition) is 1. The van der Waals surface area contributed by atoms with Crippen LogP contribution in [0.2, 0.25) is 0 Å². The number of halogens is 2. The van der Waals surface area contributed by atoms with Crippen LogP contribution in [-0.2, 0) is 13.0 Å². The van der Waals surface area contributed by atoms with E-state index in [2.05, 4.69) is 72.2 Å². The summed E-state index contributed by atoms with van der Waals surface area (Å²) in [5, 5.41) is 3.42. The fraction of sp³-hybridized carbons (Fsp3) is 0.562. The molecule has 3 heteroatoms. The highest BCUT2D eigenvalue weighted by molar-refractivity contribution is 5.49. The number of benzene rings is 1. The van der Waals surface area contributed by atoms with Gasteiger partial charge in [0.2, 0.25) is 0 Å². The maximum atomic E-state index is 13.5. The van der Waals surface area contributed by atoms with Gasteiger partial charge in [0, 0.05) is 12.1 Å². The van der Waals surface area contributed by atoms with E-state index in [-0.39, 0.29) is 5.56 Å². The zero-order valence-corrected chi connectivity index (χ0v) is 23.5. The Balaban J connectivity index is 0.000000422. The Morgan fingerprint density at radius 1 is 1.11 bits per heavy atom. The highest BCUT2D eigenvalue weighted by Gasteiger charge is 2.28. The highest BCUT2D eigenvalue weighted by Crippen LogP contribution is 2.40. The first-order valence-electron chi connectivity index (χ1n) is 13.3. The average molecular weight is 486 g/mol. The Kier molecular flexibility index (Phi) is 13.5. The molecule has 1 heterocycles. The van der Waals surface area contributed by atoms with Crippen molar-refractivity contribution in [2.75, 3.05) is 6.54 Å². The van der Waals surface area contributed by atoms with Crippen LogP contribution < -0.4 is 5.32 Å². The third kappa shape index (κ3) is 8.27. The molecule has 0 bridgehead atoms. The summed E-state index contributed by atoms with van der Waals surface area (Å²) >= 11 is 0. The third-order valence-electron chi connectivity index (χ3n) is 7.61. The van der Waals surface area contributed by atoms with E-state index < -0.39 is 6.43 Å². The molecule has 0 radical (unpaired) electrons. The number of nitrogens with one attached hydrogen (secondary N) is 1. The molecule has 0 spiro atoms. The lowest BCUT2D eigenvalue weighted by molar-refractivity contribution is 0.150. The monoisotopic (exact) mass is 485 g/mol. The Bertz CT molecular complexity index is 907. The summed E-state index contributed by atoms with van der Waals surface area (Å²) in [4.78, 5) is 0. The Hall–Kier alpha value is -2.00. The van der Waals surface area contributed by atoms with Crippen LogP contribution >= 0.6 is 0 Å². The standard InChI is InChI=1S/C20H31F2N.C9H12.C3H6/c1-6-12(3)15(7-2)13(4)17-10-18(20(21)22)14(5)16-8-9-23-11-19(16)17;1-7(2)9-6-4-5-8(9)3;1-3-2/h10,12-13,15,20,23H,6-9,11H2,1-5H3;4,6H,1,5H2,2-3H3;3H,1H2,2H3. The average Bonchev–Trinajstić information content (AvgIpc) is 3.26. The summed E-state index contributed by atoms with van der Waals surface area (Å²) in [6.45, 7) is 25.9. The largest absolute Gasteiger partial charge is 0.312 e. The molecule has 0 fully saturated rings. The van der Waals surface area contributed by atoms with Crippen molar-refractivity contribution < 1.29 is 8.78 Å². The van der Waals surface area contributed by atoms with Gasteiger partial charge in [-0.25, -0.2) is 8.78 Å². The summed E-state index contributed by atoms with van der Waals surface area (Å²) in [7, 11) is 0. The molecule has 1 aromatic rings. The van der Waals surface area contributed by atoms with Crippen molar-refractivity contribution in [2.45, 2.75) is 100.0 Å². The van der Waals surface area contributed by atoms with Crippen molar-refractivity contribution in [3.8, 4) is 0 Å². The maximum Gasteiger partial charge on any atom is 0.264 e. The molecule has 0 amide bonds. The summed E-state index contributed by atoms with van der Waals surface area (Å²) < 4.78 is 27.1. The molecule has 3 rings (SSSR count). The lowest BCUT2D eigenvalue weighted by atomic mass is 9.74. The van der Waals surface area contributed by atoms with E-state index in [1.807, 2.05) is 19.9 Å². The molecule has 0 saturated heterocycles. The predicted octanol–water partition coefficient (Wildman–Crippen LogP) is 9.79. The molecule has 1 N–H and O–H groups in total. The maximum absolute atomic E-state index is 13.5. The number of rotatable bonds is 7. The highest BCUT2D eigenvalue weighted by atomic mass is 19.3. The molecule has 2 aliphatic rings. The van der Waals surface area contributed by atoms with Gasteiger partial charge in [0.25, 0.3) is 6.43 Å². The van der Waals surface area contributed by atoms with Gasteiger partial charge in [-0.15, -0.1) is 6.58 Å². The zero-order chi connectivity index (χ0) is 26.7. The molecule has 196 valence electrons. The minimum atomic E-state index is -2.38.